The normalized spacial score (nSPS) is 18.7. The van der Waals surface area contributed by atoms with E-state index < -0.39 is 29.2 Å². The van der Waals surface area contributed by atoms with Gasteiger partial charge in [-0.15, -0.1) is 0 Å². The zero-order chi connectivity index (χ0) is 30.1. The first kappa shape index (κ1) is 32.6. The number of rotatable bonds is 14. The van der Waals surface area contributed by atoms with Gasteiger partial charge in [0.05, 0.1) is 0 Å². The van der Waals surface area contributed by atoms with Crippen molar-refractivity contribution in [1.29, 1.82) is 0 Å². The summed E-state index contributed by atoms with van der Waals surface area (Å²) in [6, 6.07) is 9.84. The maximum atomic E-state index is 14.5. The highest BCUT2D eigenvalue weighted by molar-refractivity contribution is 7.84. The lowest BCUT2D eigenvalue weighted by Gasteiger charge is -2.24. The van der Waals surface area contributed by atoms with Crippen LogP contribution < -0.4 is 0 Å². The van der Waals surface area contributed by atoms with Crippen LogP contribution in [0.1, 0.15) is 93.7 Å². The molecule has 9 heteroatoms. The average Bonchev–Trinajstić information content (AvgIpc) is 3.32. The minimum absolute atomic E-state index is 0.0736. The molecule has 1 aliphatic carbocycles. The molecule has 0 aromatic heterocycles. The van der Waals surface area contributed by atoms with Gasteiger partial charge in [0.25, 0.3) is 0 Å². The SMILES string of the molecule is O=S(CCCC(F)(F)F)CC[C@@H]1CCCN1CCCCCCC1=C(c2ccc(F)cc2)CCCc2cc(O)c(F)cc21. The number of aryl methyl sites for hydroxylation is 1. The highest BCUT2D eigenvalue weighted by Gasteiger charge is 2.27. The second-order valence-electron chi connectivity index (χ2n) is 11.6. The molecule has 1 N–H and O–H groups in total. The van der Waals surface area contributed by atoms with Crippen molar-refractivity contribution in [3.05, 3.63) is 64.7 Å². The topological polar surface area (TPSA) is 40.5 Å². The predicted octanol–water partition coefficient (Wildman–Crippen LogP) is 8.81. The second kappa shape index (κ2) is 15.5. The molecule has 1 aliphatic heterocycles. The van der Waals surface area contributed by atoms with Gasteiger partial charge in [0.1, 0.15) is 5.82 Å². The second-order valence-corrected chi connectivity index (χ2v) is 13.3. The highest BCUT2D eigenvalue weighted by atomic mass is 32.2. The summed E-state index contributed by atoms with van der Waals surface area (Å²) in [5.74, 6) is -0.669. The van der Waals surface area contributed by atoms with Gasteiger partial charge >= 0.3 is 6.18 Å². The molecule has 0 spiro atoms. The van der Waals surface area contributed by atoms with Crippen molar-refractivity contribution in [2.45, 2.75) is 95.7 Å². The maximum absolute atomic E-state index is 14.5. The van der Waals surface area contributed by atoms with E-state index in [9.17, 15) is 31.3 Å². The molecule has 3 nitrogen and oxygen atoms in total. The van der Waals surface area contributed by atoms with E-state index in [1.54, 1.807) is 18.2 Å². The summed E-state index contributed by atoms with van der Waals surface area (Å²) < 4.78 is 77.3. The first-order valence-electron chi connectivity index (χ1n) is 15.3. The molecule has 42 heavy (non-hydrogen) atoms. The number of halogens is 5. The van der Waals surface area contributed by atoms with Gasteiger partial charge in [0.15, 0.2) is 11.6 Å². The van der Waals surface area contributed by atoms with Crippen LogP contribution in [-0.4, -0.2) is 51.0 Å². The molecular formula is C33H42F5NO2S. The number of phenolic OH excluding ortho intramolecular Hbond substituents is 1. The van der Waals surface area contributed by atoms with Crippen LogP contribution in [0, 0.1) is 11.6 Å². The molecule has 232 valence electrons. The van der Waals surface area contributed by atoms with Crippen molar-refractivity contribution in [3.8, 4) is 5.75 Å². The third-order valence-electron chi connectivity index (χ3n) is 8.56. The number of hydrogen-bond donors (Lipinski definition) is 1. The summed E-state index contributed by atoms with van der Waals surface area (Å²) in [7, 11) is -1.20. The Morgan fingerprint density at radius 3 is 2.45 bits per heavy atom. The van der Waals surface area contributed by atoms with E-state index >= 15 is 0 Å². The summed E-state index contributed by atoms with van der Waals surface area (Å²) in [6.45, 7) is 1.97. The molecule has 2 aromatic rings. The van der Waals surface area contributed by atoms with Crippen LogP contribution in [0.15, 0.2) is 36.4 Å². The van der Waals surface area contributed by atoms with Crippen LogP contribution in [0.2, 0.25) is 0 Å². The quantitative estimate of drug-likeness (QED) is 0.171. The molecule has 0 saturated carbocycles. The van der Waals surface area contributed by atoms with Gasteiger partial charge in [-0.3, -0.25) is 4.21 Å². The average molecular weight is 612 g/mol. The Bertz CT molecular complexity index is 1230. The van der Waals surface area contributed by atoms with Crippen LogP contribution in [0.5, 0.6) is 5.75 Å². The van der Waals surface area contributed by atoms with E-state index in [4.69, 9.17) is 0 Å². The van der Waals surface area contributed by atoms with Crippen molar-refractivity contribution in [2.24, 2.45) is 0 Å². The fraction of sp³-hybridized carbons (Fsp3) is 0.576. The van der Waals surface area contributed by atoms with E-state index in [-0.39, 0.29) is 23.7 Å². The summed E-state index contributed by atoms with van der Waals surface area (Å²) in [5.41, 5.74) is 4.94. The number of alkyl halides is 3. The van der Waals surface area contributed by atoms with Crippen LogP contribution >= 0.6 is 0 Å². The summed E-state index contributed by atoms with van der Waals surface area (Å²) in [5, 5.41) is 9.98. The molecule has 2 aliphatic rings. The Balaban J connectivity index is 1.28. The van der Waals surface area contributed by atoms with Gasteiger partial charge in [0, 0.05) is 34.8 Å². The van der Waals surface area contributed by atoms with Crippen LogP contribution in [0.3, 0.4) is 0 Å². The Hall–Kier alpha value is -2.26. The predicted molar refractivity (Wildman–Crippen MR) is 160 cm³/mol. The fourth-order valence-corrected chi connectivity index (χ4v) is 7.61. The minimum atomic E-state index is -4.18. The van der Waals surface area contributed by atoms with Gasteiger partial charge in [-0.05, 0) is 129 Å². The number of phenols is 1. The third kappa shape index (κ3) is 9.63. The largest absolute Gasteiger partial charge is 0.505 e. The Morgan fingerprint density at radius 1 is 0.929 bits per heavy atom. The summed E-state index contributed by atoms with van der Waals surface area (Å²) >= 11 is 0. The molecule has 1 heterocycles. The van der Waals surface area contributed by atoms with Gasteiger partial charge in [0.2, 0.25) is 0 Å². The molecule has 4 rings (SSSR count). The number of hydrogen-bond acceptors (Lipinski definition) is 3. The van der Waals surface area contributed by atoms with Gasteiger partial charge in [-0.2, -0.15) is 13.2 Å². The summed E-state index contributed by atoms with van der Waals surface area (Å²) in [6.07, 6.45) is 5.00. The zero-order valence-corrected chi connectivity index (χ0v) is 25.0. The lowest BCUT2D eigenvalue weighted by atomic mass is 9.89. The van der Waals surface area contributed by atoms with Gasteiger partial charge < -0.3 is 10.0 Å². The Kier molecular flexibility index (Phi) is 12.0. The van der Waals surface area contributed by atoms with Crippen molar-refractivity contribution in [2.75, 3.05) is 24.6 Å². The lowest BCUT2D eigenvalue weighted by molar-refractivity contribution is -0.134. The number of aromatic hydroxyl groups is 1. The number of allylic oxidation sites excluding steroid dienone is 2. The van der Waals surface area contributed by atoms with E-state index in [1.807, 2.05) is 0 Å². The monoisotopic (exact) mass is 611 g/mol. The van der Waals surface area contributed by atoms with Gasteiger partial charge in [-0.25, -0.2) is 8.78 Å². The van der Waals surface area contributed by atoms with Crippen molar-refractivity contribution in [3.63, 3.8) is 0 Å². The first-order chi connectivity index (χ1) is 20.1. The minimum Gasteiger partial charge on any atom is -0.505 e. The number of nitrogens with zero attached hydrogens (tertiary/aromatic N) is 1. The molecule has 0 amide bonds. The van der Waals surface area contributed by atoms with Crippen LogP contribution in [0.4, 0.5) is 22.0 Å². The van der Waals surface area contributed by atoms with E-state index in [2.05, 4.69) is 4.90 Å². The van der Waals surface area contributed by atoms with E-state index in [0.29, 0.717) is 11.8 Å². The number of fused-ring (bicyclic) bond motifs is 1. The Labute approximate surface area is 248 Å². The van der Waals surface area contributed by atoms with Crippen molar-refractivity contribution >= 4 is 21.9 Å². The fourth-order valence-electron chi connectivity index (χ4n) is 6.41. The smallest absolute Gasteiger partial charge is 0.389 e. The molecular weight excluding hydrogens is 569 g/mol. The van der Waals surface area contributed by atoms with Crippen molar-refractivity contribution < 1.29 is 31.3 Å². The molecule has 0 radical (unpaired) electrons. The van der Waals surface area contributed by atoms with Crippen LogP contribution in [-0.2, 0) is 17.2 Å². The lowest BCUT2D eigenvalue weighted by Crippen LogP contribution is -2.31. The number of benzene rings is 2. The van der Waals surface area contributed by atoms with E-state index in [1.165, 1.54) is 18.2 Å². The molecule has 1 saturated heterocycles. The molecule has 1 unspecified atom stereocenters. The molecule has 0 bridgehead atoms. The molecule has 2 atom stereocenters. The third-order valence-corrected chi connectivity index (χ3v) is 9.99. The molecule has 1 fully saturated rings. The number of unbranched alkanes of at least 4 members (excludes halogenated alkanes) is 3. The van der Waals surface area contributed by atoms with Crippen LogP contribution in [0.25, 0.3) is 11.1 Å². The van der Waals surface area contributed by atoms with Gasteiger partial charge in [-0.1, -0.05) is 25.0 Å². The van der Waals surface area contributed by atoms with Crippen molar-refractivity contribution in [1.82, 2.24) is 4.90 Å². The number of likely N-dealkylation sites (tertiary alicyclic amines) is 1. The zero-order valence-electron chi connectivity index (χ0n) is 24.2. The first-order valence-corrected chi connectivity index (χ1v) is 16.7. The maximum Gasteiger partial charge on any atom is 0.389 e. The highest BCUT2D eigenvalue weighted by Crippen LogP contribution is 2.40. The Morgan fingerprint density at radius 2 is 1.69 bits per heavy atom. The summed E-state index contributed by atoms with van der Waals surface area (Å²) in [4.78, 5) is 2.44. The van der Waals surface area contributed by atoms with E-state index in [0.717, 1.165) is 112 Å². The molecule has 2 aromatic carbocycles. The standard InChI is InChI=1S/C33H42F5NO2S/c34-26-14-12-24(13-15-26)28-11-5-8-25-22-32(40)31(35)23-30(25)29(28)10-3-1-2-4-18-39-19-6-9-27(39)16-21-42(41)20-7-17-33(36,37)38/h12-15,22-23,27,40H,1-11,16-21H2/t27-,42?/m0/s1.